The first-order chi connectivity index (χ1) is 18.5. The van der Waals surface area contributed by atoms with Gasteiger partial charge in [-0.2, -0.15) is 0 Å². The number of piperidine rings is 1. The van der Waals surface area contributed by atoms with Gasteiger partial charge >= 0.3 is 0 Å². The Hall–Kier alpha value is -3.39. The van der Waals surface area contributed by atoms with E-state index in [1.165, 1.54) is 43.2 Å². The molecule has 200 valence electrons. The quantitative estimate of drug-likeness (QED) is 0.272. The van der Waals surface area contributed by atoms with Gasteiger partial charge < -0.3 is 10.2 Å². The number of anilines is 1. The number of allylic oxidation sites excluding steroid dienone is 1. The first-order valence-corrected chi connectivity index (χ1v) is 14.1. The Morgan fingerprint density at radius 1 is 1.08 bits per heavy atom. The predicted octanol–water partition coefficient (Wildman–Crippen LogP) is 5.40. The van der Waals surface area contributed by atoms with Crippen LogP contribution < -0.4 is 5.32 Å². The van der Waals surface area contributed by atoms with Crippen LogP contribution in [0.2, 0.25) is 0 Å². The maximum absolute atomic E-state index is 13.1. The number of aromatic nitrogens is 2. The summed E-state index contributed by atoms with van der Waals surface area (Å²) in [5.74, 6) is 1.45. The number of amides is 1. The Morgan fingerprint density at radius 3 is 2.71 bits per heavy atom. The van der Waals surface area contributed by atoms with Crippen molar-refractivity contribution in [3.63, 3.8) is 0 Å². The molecule has 2 fully saturated rings. The van der Waals surface area contributed by atoms with Crippen LogP contribution >= 0.6 is 0 Å². The minimum Gasteiger partial charge on any atom is -0.314 e. The number of carbonyl (C=O) groups excluding carboxylic acids is 1. The number of nitrogens with zero attached hydrogens (tertiary/aromatic N) is 4. The van der Waals surface area contributed by atoms with Crippen LogP contribution in [-0.4, -0.2) is 57.0 Å². The van der Waals surface area contributed by atoms with Gasteiger partial charge in [-0.25, -0.2) is 4.98 Å². The Bertz CT molecular complexity index is 1230. The number of pyridine rings is 2. The summed E-state index contributed by atoms with van der Waals surface area (Å²) in [6.07, 6.45) is 14.4. The van der Waals surface area contributed by atoms with Crippen molar-refractivity contribution in [2.75, 3.05) is 25.0 Å². The summed E-state index contributed by atoms with van der Waals surface area (Å²) in [4.78, 5) is 26.3. The highest BCUT2D eigenvalue weighted by atomic mass is 16.1. The highest BCUT2D eigenvalue weighted by molar-refractivity contribution is 6.07. The third-order valence-electron chi connectivity index (χ3n) is 8.19. The summed E-state index contributed by atoms with van der Waals surface area (Å²) in [5, 5.41) is 19.6. The lowest BCUT2D eigenvalue weighted by atomic mass is 9.83. The van der Waals surface area contributed by atoms with E-state index in [0.29, 0.717) is 36.0 Å². The van der Waals surface area contributed by atoms with Crippen LogP contribution in [0.3, 0.4) is 0 Å². The van der Waals surface area contributed by atoms with E-state index in [4.69, 9.17) is 10.8 Å². The third-order valence-corrected chi connectivity index (χ3v) is 8.19. The molecule has 5 rings (SSSR count). The fourth-order valence-corrected chi connectivity index (χ4v) is 5.98. The van der Waals surface area contributed by atoms with Crippen molar-refractivity contribution in [1.29, 1.82) is 10.8 Å². The summed E-state index contributed by atoms with van der Waals surface area (Å²) in [6, 6.07) is 7.18. The molecular weight excluding hydrogens is 474 g/mol. The summed E-state index contributed by atoms with van der Waals surface area (Å²) >= 11 is 0. The zero-order valence-electron chi connectivity index (χ0n) is 22.4. The monoisotopic (exact) mass is 513 g/mol. The third kappa shape index (κ3) is 6.01. The average Bonchev–Trinajstić information content (AvgIpc) is 2.96. The van der Waals surface area contributed by atoms with Gasteiger partial charge in [0.1, 0.15) is 23.0 Å². The van der Waals surface area contributed by atoms with Crippen LogP contribution in [0.5, 0.6) is 0 Å². The molecule has 4 heterocycles. The fraction of sp³-hybridized carbons (Fsp3) is 0.500. The molecule has 2 aromatic heterocycles. The van der Waals surface area contributed by atoms with E-state index in [1.54, 1.807) is 28.7 Å². The highest BCUT2D eigenvalue weighted by Crippen LogP contribution is 2.31. The van der Waals surface area contributed by atoms with Crippen molar-refractivity contribution in [1.82, 2.24) is 19.8 Å². The number of likely N-dealkylation sites (tertiary alicyclic amines) is 1. The molecular formula is C30H39N7O. The van der Waals surface area contributed by atoms with Gasteiger partial charge in [-0.3, -0.25) is 25.5 Å². The van der Waals surface area contributed by atoms with Crippen molar-refractivity contribution in [2.24, 2.45) is 5.92 Å². The summed E-state index contributed by atoms with van der Waals surface area (Å²) < 4.78 is 0. The Morgan fingerprint density at radius 2 is 1.92 bits per heavy atom. The number of amidine groups is 2. The van der Waals surface area contributed by atoms with Gasteiger partial charge in [0.05, 0.1) is 0 Å². The average molecular weight is 514 g/mol. The van der Waals surface area contributed by atoms with E-state index in [0.717, 1.165) is 44.8 Å². The predicted molar refractivity (Wildman–Crippen MR) is 151 cm³/mol. The second-order valence-electron chi connectivity index (χ2n) is 10.8. The second kappa shape index (κ2) is 12.0. The van der Waals surface area contributed by atoms with Gasteiger partial charge in [0.2, 0.25) is 0 Å². The summed E-state index contributed by atoms with van der Waals surface area (Å²) in [5.41, 5.74) is 4.78. The van der Waals surface area contributed by atoms with Crippen LogP contribution in [0.4, 0.5) is 5.82 Å². The molecule has 0 unspecified atom stereocenters. The lowest BCUT2D eigenvalue weighted by Gasteiger charge is -2.33. The van der Waals surface area contributed by atoms with Crippen molar-refractivity contribution >= 4 is 23.4 Å². The molecule has 1 saturated heterocycles. The smallest absolute Gasteiger partial charge is 0.275 e. The molecule has 1 amide bonds. The van der Waals surface area contributed by atoms with Gasteiger partial charge in [-0.1, -0.05) is 37.0 Å². The van der Waals surface area contributed by atoms with Gasteiger partial charge in [0.15, 0.2) is 5.84 Å². The fourth-order valence-electron chi connectivity index (χ4n) is 5.98. The lowest BCUT2D eigenvalue weighted by Crippen LogP contribution is -2.40. The molecule has 3 N–H and O–H groups in total. The minimum atomic E-state index is -0.303. The van der Waals surface area contributed by atoms with E-state index < -0.39 is 0 Å². The largest absolute Gasteiger partial charge is 0.314 e. The zero-order chi connectivity index (χ0) is 26.5. The van der Waals surface area contributed by atoms with Gasteiger partial charge in [-0.05, 0) is 74.3 Å². The van der Waals surface area contributed by atoms with Crippen LogP contribution in [-0.2, 0) is 13.0 Å². The Kier molecular flexibility index (Phi) is 8.27. The number of hydrogen-bond donors (Lipinski definition) is 3. The van der Waals surface area contributed by atoms with E-state index in [2.05, 4.69) is 33.2 Å². The van der Waals surface area contributed by atoms with Crippen LogP contribution in [0.1, 0.15) is 85.6 Å². The molecule has 0 aromatic carbocycles. The Labute approximate surface area is 225 Å². The molecule has 1 saturated carbocycles. The molecule has 2 aromatic rings. The molecule has 0 bridgehead atoms. The SMILES string of the molecule is C/C=C(\CN1CCc2cnc(C(=O)Nc3cccc(C(=N)N4CCCCC4=N)n3)cc2C1)C1CCCCC1. The van der Waals surface area contributed by atoms with Crippen LogP contribution in [0, 0.1) is 16.7 Å². The number of carbonyl (C=O) groups is 1. The van der Waals surface area contributed by atoms with Crippen molar-refractivity contribution in [3.05, 3.63) is 64.6 Å². The lowest BCUT2D eigenvalue weighted by molar-refractivity contribution is 0.102. The van der Waals surface area contributed by atoms with Crippen molar-refractivity contribution in [2.45, 2.75) is 71.3 Å². The maximum atomic E-state index is 13.1. The molecule has 1 aliphatic carbocycles. The zero-order valence-corrected chi connectivity index (χ0v) is 22.4. The maximum Gasteiger partial charge on any atom is 0.275 e. The number of nitrogens with one attached hydrogen (secondary N) is 3. The standard InChI is InChI=1S/C30H39N7O/c1-2-21(22-9-4-3-5-10-22)19-36-16-14-23-18-33-26(17-24(23)20-36)30(38)35-28-13-8-11-25(34-28)29(32)37-15-7-6-12-27(37)31/h2,8,11,13,17-18,22,31-32H,3-7,9-10,12,14-16,19-20H2,1H3,(H,34,35,38)/b21-2+,31-27?,32-29?. The Balaban J connectivity index is 1.24. The molecule has 0 spiro atoms. The van der Waals surface area contributed by atoms with E-state index in [1.807, 2.05) is 12.3 Å². The second-order valence-corrected chi connectivity index (χ2v) is 10.8. The van der Waals surface area contributed by atoms with Gasteiger partial charge in [0.25, 0.3) is 5.91 Å². The first-order valence-electron chi connectivity index (χ1n) is 14.1. The number of fused-ring (bicyclic) bond motifs is 1. The van der Waals surface area contributed by atoms with Crippen molar-refractivity contribution in [3.8, 4) is 0 Å². The topological polar surface area (TPSA) is 109 Å². The minimum absolute atomic E-state index is 0.200. The molecule has 3 aliphatic rings. The summed E-state index contributed by atoms with van der Waals surface area (Å²) in [7, 11) is 0. The first kappa shape index (κ1) is 26.2. The van der Waals surface area contributed by atoms with E-state index in [-0.39, 0.29) is 11.7 Å². The van der Waals surface area contributed by atoms with E-state index in [9.17, 15) is 4.79 Å². The highest BCUT2D eigenvalue weighted by Gasteiger charge is 2.24. The molecule has 38 heavy (non-hydrogen) atoms. The number of hydrogen-bond acceptors (Lipinski definition) is 6. The molecule has 8 nitrogen and oxygen atoms in total. The molecule has 0 radical (unpaired) electrons. The molecule has 0 atom stereocenters. The normalized spacial score (nSPS) is 19.2. The molecule has 8 heteroatoms. The van der Waals surface area contributed by atoms with Gasteiger partial charge in [-0.15, -0.1) is 0 Å². The van der Waals surface area contributed by atoms with Crippen LogP contribution in [0.15, 0.2) is 42.1 Å². The van der Waals surface area contributed by atoms with Gasteiger partial charge in [0, 0.05) is 38.8 Å². The van der Waals surface area contributed by atoms with Crippen LogP contribution in [0.25, 0.3) is 0 Å². The molecule has 2 aliphatic heterocycles. The van der Waals surface area contributed by atoms with Crippen molar-refractivity contribution < 1.29 is 4.79 Å². The summed E-state index contributed by atoms with van der Waals surface area (Å²) in [6.45, 7) is 5.68. The number of rotatable bonds is 6. The van der Waals surface area contributed by atoms with E-state index >= 15 is 0 Å².